The van der Waals surface area contributed by atoms with Crippen molar-refractivity contribution in [3.8, 4) is 0 Å². The van der Waals surface area contributed by atoms with Gasteiger partial charge in [0.15, 0.2) is 12.2 Å². The van der Waals surface area contributed by atoms with Gasteiger partial charge in [0.1, 0.15) is 19.3 Å². The summed E-state index contributed by atoms with van der Waals surface area (Å²) in [5, 5.41) is 10.5. The Morgan fingerprint density at radius 1 is 0.377 bits per heavy atom. The molecule has 0 spiro atoms. The average molecular weight is 1140 g/mol. The molecule has 0 saturated heterocycles. The third-order valence-electron chi connectivity index (χ3n) is 13.6. The number of carbonyl (C=O) groups is 4. The largest absolute Gasteiger partial charge is 0.472 e. The number of unbranched alkanes of at least 4 members (excludes halogenated alkanes) is 26. The fraction of sp³-hybridized carbons (Fsp3) is 0.931. The molecule has 17 nitrogen and oxygen atoms in total. The first-order valence-corrected chi connectivity index (χ1v) is 33.5. The highest BCUT2D eigenvalue weighted by atomic mass is 31.2. The van der Waals surface area contributed by atoms with Crippen LogP contribution in [0, 0.1) is 11.8 Å². The van der Waals surface area contributed by atoms with Gasteiger partial charge in [0.25, 0.3) is 0 Å². The molecular weight excluding hydrogens is 1030 g/mol. The monoisotopic (exact) mass is 1140 g/mol. The summed E-state index contributed by atoms with van der Waals surface area (Å²) in [6.07, 6.45) is 30.9. The van der Waals surface area contributed by atoms with Gasteiger partial charge in [-0.1, -0.05) is 228 Å². The predicted octanol–water partition coefficient (Wildman–Crippen LogP) is 15.3. The lowest BCUT2D eigenvalue weighted by Gasteiger charge is -2.21. The Morgan fingerprint density at radius 2 is 0.662 bits per heavy atom. The van der Waals surface area contributed by atoms with Crippen LogP contribution in [0.1, 0.15) is 279 Å². The van der Waals surface area contributed by atoms with Crippen LogP contribution in [0.3, 0.4) is 0 Å². The topological polar surface area (TPSA) is 237 Å². The maximum atomic E-state index is 12.9. The number of phosphoric acid groups is 2. The van der Waals surface area contributed by atoms with Crippen LogP contribution in [-0.4, -0.2) is 96.7 Å². The second-order valence-electron chi connectivity index (χ2n) is 21.7. The first-order valence-electron chi connectivity index (χ1n) is 30.5. The molecular formula is C58H112O17P2. The van der Waals surface area contributed by atoms with Gasteiger partial charge in [0, 0.05) is 25.7 Å². The highest BCUT2D eigenvalue weighted by Crippen LogP contribution is 2.45. The Bertz CT molecular complexity index is 1530. The molecule has 0 rings (SSSR count). The Labute approximate surface area is 467 Å². The number of rotatable bonds is 57. The minimum absolute atomic E-state index is 0.104. The molecule has 3 N–H and O–H groups in total. The molecule has 0 aliphatic heterocycles. The van der Waals surface area contributed by atoms with Crippen molar-refractivity contribution in [3.63, 3.8) is 0 Å². The minimum Gasteiger partial charge on any atom is -0.462 e. The van der Waals surface area contributed by atoms with Crippen LogP contribution in [0.15, 0.2) is 0 Å². The summed E-state index contributed by atoms with van der Waals surface area (Å²) in [5.74, 6) is -0.683. The molecule has 0 aliphatic carbocycles. The summed E-state index contributed by atoms with van der Waals surface area (Å²) in [4.78, 5) is 71.7. The molecule has 77 heavy (non-hydrogen) atoms. The summed E-state index contributed by atoms with van der Waals surface area (Å²) in [6.45, 7) is 9.31. The van der Waals surface area contributed by atoms with Crippen molar-refractivity contribution in [1.82, 2.24) is 0 Å². The molecule has 3 unspecified atom stereocenters. The molecule has 0 saturated carbocycles. The van der Waals surface area contributed by atoms with Crippen LogP contribution < -0.4 is 0 Å². The molecule has 0 radical (unpaired) electrons. The smallest absolute Gasteiger partial charge is 0.462 e. The molecule has 0 heterocycles. The highest BCUT2D eigenvalue weighted by molar-refractivity contribution is 7.47. The third kappa shape index (κ3) is 51.9. The second kappa shape index (κ2) is 51.0. The zero-order valence-corrected chi connectivity index (χ0v) is 51.0. The second-order valence-corrected chi connectivity index (χ2v) is 24.7. The van der Waals surface area contributed by atoms with Gasteiger partial charge in [-0.15, -0.1) is 0 Å². The Kier molecular flexibility index (Phi) is 49.7. The van der Waals surface area contributed by atoms with Crippen molar-refractivity contribution < 1.29 is 80.2 Å². The highest BCUT2D eigenvalue weighted by Gasteiger charge is 2.30. The van der Waals surface area contributed by atoms with Gasteiger partial charge in [0.05, 0.1) is 26.4 Å². The van der Waals surface area contributed by atoms with E-state index in [0.29, 0.717) is 25.7 Å². The number of phosphoric ester groups is 2. The summed E-state index contributed by atoms with van der Waals surface area (Å²) >= 11 is 0. The van der Waals surface area contributed by atoms with E-state index in [0.717, 1.165) is 127 Å². The van der Waals surface area contributed by atoms with Gasteiger partial charge in [-0.3, -0.25) is 37.3 Å². The van der Waals surface area contributed by atoms with E-state index in [2.05, 4.69) is 41.5 Å². The summed E-state index contributed by atoms with van der Waals surface area (Å²) in [5.41, 5.74) is 0. The standard InChI is InChI=1S/C58H112O17P2/c1-7-10-12-14-16-22-30-36-42-57(62)74-53(46-68-55(60)40-34-28-20-15-13-11-8-2)48-72-76(64,65)70-44-52(59)45-71-77(66,67)73-49-54(47-69-56(61)41-35-29-25-24-27-33-39-51(6)9-3)75-58(63)43-37-31-23-19-17-18-21-26-32-38-50(4)5/h50-54,59H,7-49H2,1-6H3,(H,64,65)(H,66,67)/t51?,52-,53+,54+/m0/s1. The van der Waals surface area contributed by atoms with E-state index in [-0.39, 0.29) is 25.7 Å². The molecule has 19 heteroatoms. The van der Waals surface area contributed by atoms with E-state index in [4.69, 9.17) is 37.0 Å². The van der Waals surface area contributed by atoms with E-state index >= 15 is 0 Å². The van der Waals surface area contributed by atoms with Crippen LogP contribution in [0.4, 0.5) is 0 Å². The van der Waals surface area contributed by atoms with E-state index in [1.807, 2.05) is 0 Å². The predicted molar refractivity (Wildman–Crippen MR) is 303 cm³/mol. The number of ether oxygens (including phenoxy) is 4. The third-order valence-corrected chi connectivity index (χ3v) is 15.5. The molecule has 0 bridgehead atoms. The van der Waals surface area contributed by atoms with Gasteiger partial charge in [-0.25, -0.2) is 9.13 Å². The maximum absolute atomic E-state index is 12.9. The van der Waals surface area contributed by atoms with Gasteiger partial charge in [-0.05, 0) is 37.5 Å². The normalized spacial score (nSPS) is 14.8. The van der Waals surface area contributed by atoms with Gasteiger partial charge in [-0.2, -0.15) is 0 Å². The van der Waals surface area contributed by atoms with Crippen molar-refractivity contribution in [1.29, 1.82) is 0 Å². The van der Waals surface area contributed by atoms with Crippen LogP contribution in [-0.2, 0) is 65.4 Å². The van der Waals surface area contributed by atoms with Crippen molar-refractivity contribution in [2.24, 2.45) is 11.8 Å². The van der Waals surface area contributed by atoms with E-state index in [1.165, 1.54) is 70.6 Å². The first kappa shape index (κ1) is 75.1. The summed E-state index contributed by atoms with van der Waals surface area (Å²) in [7, 11) is -9.87. The molecule has 0 aromatic heterocycles. The van der Waals surface area contributed by atoms with E-state index in [1.54, 1.807) is 0 Å². The quantitative estimate of drug-likeness (QED) is 0.0222. The number of carbonyl (C=O) groups excluding carboxylic acids is 4. The lowest BCUT2D eigenvalue weighted by atomic mass is 10.00. The fourth-order valence-electron chi connectivity index (χ4n) is 8.44. The molecule has 0 aromatic carbocycles. The first-order chi connectivity index (χ1) is 36.9. The fourth-order valence-corrected chi connectivity index (χ4v) is 10.0. The SMILES string of the molecule is CCCCCCCCCCC(=O)O[C@H](COC(=O)CCCCCCCCC)COP(=O)(O)OC[C@H](O)COP(=O)(O)OC[C@@H](COC(=O)CCCCCCCCC(C)CC)OC(=O)CCCCCCCCCCCC(C)C. The van der Waals surface area contributed by atoms with Crippen LogP contribution >= 0.6 is 15.6 Å². The number of aliphatic hydroxyl groups is 1. The number of hydrogen-bond acceptors (Lipinski definition) is 15. The summed E-state index contributed by atoms with van der Waals surface area (Å²) in [6, 6.07) is 0. The van der Waals surface area contributed by atoms with Crippen LogP contribution in [0.2, 0.25) is 0 Å². The van der Waals surface area contributed by atoms with Gasteiger partial charge < -0.3 is 33.8 Å². The number of esters is 4. The van der Waals surface area contributed by atoms with Crippen LogP contribution in [0.25, 0.3) is 0 Å². The van der Waals surface area contributed by atoms with Gasteiger partial charge >= 0.3 is 39.5 Å². The zero-order chi connectivity index (χ0) is 57.3. The summed E-state index contributed by atoms with van der Waals surface area (Å²) < 4.78 is 67.6. The van der Waals surface area contributed by atoms with Crippen molar-refractivity contribution in [3.05, 3.63) is 0 Å². The molecule has 456 valence electrons. The molecule has 0 aromatic rings. The zero-order valence-electron chi connectivity index (χ0n) is 49.2. The number of hydrogen-bond donors (Lipinski definition) is 3. The van der Waals surface area contributed by atoms with E-state index in [9.17, 15) is 43.2 Å². The van der Waals surface area contributed by atoms with Gasteiger partial charge in [0.2, 0.25) is 0 Å². The van der Waals surface area contributed by atoms with Crippen molar-refractivity contribution in [2.45, 2.75) is 297 Å². The minimum atomic E-state index is -4.94. The van der Waals surface area contributed by atoms with E-state index < -0.39 is 97.5 Å². The maximum Gasteiger partial charge on any atom is 0.472 e. The molecule has 0 aliphatic rings. The Morgan fingerprint density at radius 3 is 0.987 bits per heavy atom. The lowest BCUT2D eigenvalue weighted by Crippen LogP contribution is -2.30. The molecule has 0 fully saturated rings. The molecule has 6 atom stereocenters. The Hall–Kier alpha value is -1.94. The molecule has 0 amide bonds. The van der Waals surface area contributed by atoms with Crippen molar-refractivity contribution in [2.75, 3.05) is 39.6 Å². The number of aliphatic hydroxyl groups excluding tert-OH is 1. The van der Waals surface area contributed by atoms with Crippen molar-refractivity contribution >= 4 is 39.5 Å². The van der Waals surface area contributed by atoms with Crippen LogP contribution in [0.5, 0.6) is 0 Å². The lowest BCUT2D eigenvalue weighted by molar-refractivity contribution is -0.161. The Balaban J connectivity index is 5.22. The average Bonchev–Trinajstić information content (AvgIpc) is 3.39.